The van der Waals surface area contributed by atoms with Crippen LogP contribution in [0, 0.1) is 0 Å². The van der Waals surface area contributed by atoms with Crippen LogP contribution in [-0.2, 0) is 11.2 Å². The Morgan fingerprint density at radius 2 is 2.04 bits per heavy atom. The fraction of sp³-hybridized carbons (Fsp3) is 0.238. The van der Waals surface area contributed by atoms with Gasteiger partial charge in [-0.2, -0.15) is 0 Å². The molecular formula is C21H20N2O4S. The van der Waals surface area contributed by atoms with Crippen molar-refractivity contribution < 1.29 is 19.0 Å². The van der Waals surface area contributed by atoms with E-state index in [9.17, 15) is 4.79 Å². The lowest BCUT2D eigenvalue weighted by molar-refractivity contribution is -0.113. The number of carbonyl (C=O) groups excluding carboxylic acids is 1. The number of pyridine rings is 1. The quantitative estimate of drug-likeness (QED) is 0.628. The highest BCUT2D eigenvalue weighted by Gasteiger charge is 2.15. The summed E-state index contributed by atoms with van der Waals surface area (Å²) in [4.78, 5) is 17.1. The number of carbonyl (C=O) groups is 1. The molecule has 7 heteroatoms. The largest absolute Gasteiger partial charge is 0.497 e. The highest BCUT2D eigenvalue weighted by molar-refractivity contribution is 8.00. The van der Waals surface area contributed by atoms with E-state index in [4.69, 9.17) is 19.2 Å². The van der Waals surface area contributed by atoms with Crippen LogP contribution in [0.2, 0.25) is 0 Å². The first-order valence-electron chi connectivity index (χ1n) is 8.96. The average Bonchev–Trinajstić information content (AvgIpc) is 3.19. The van der Waals surface area contributed by atoms with Crippen molar-refractivity contribution in [1.29, 1.82) is 0 Å². The van der Waals surface area contributed by atoms with Gasteiger partial charge < -0.3 is 19.5 Å². The van der Waals surface area contributed by atoms with Gasteiger partial charge in [-0.05, 0) is 42.3 Å². The second-order valence-electron chi connectivity index (χ2n) is 6.27. The lowest BCUT2D eigenvalue weighted by Crippen LogP contribution is -2.14. The van der Waals surface area contributed by atoms with Gasteiger partial charge in [0.15, 0.2) is 11.5 Å². The van der Waals surface area contributed by atoms with Crippen molar-refractivity contribution in [2.45, 2.75) is 18.4 Å². The number of nitrogens with one attached hydrogen (secondary N) is 1. The van der Waals surface area contributed by atoms with Crippen LogP contribution in [0.3, 0.4) is 0 Å². The van der Waals surface area contributed by atoms with E-state index in [0.717, 1.165) is 33.7 Å². The van der Waals surface area contributed by atoms with Crippen LogP contribution in [0.1, 0.15) is 12.5 Å². The fourth-order valence-electron chi connectivity index (χ4n) is 2.98. The number of fused-ring (bicyclic) bond motifs is 2. The summed E-state index contributed by atoms with van der Waals surface area (Å²) >= 11 is 1.43. The molecular weight excluding hydrogens is 376 g/mol. The van der Waals surface area contributed by atoms with E-state index in [-0.39, 0.29) is 18.5 Å². The first-order valence-corrected chi connectivity index (χ1v) is 9.95. The predicted molar refractivity (Wildman–Crippen MR) is 110 cm³/mol. The second-order valence-corrected chi connectivity index (χ2v) is 7.23. The van der Waals surface area contributed by atoms with Crippen LogP contribution < -0.4 is 19.5 Å². The Morgan fingerprint density at radius 3 is 2.86 bits per heavy atom. The molecule has 1 aromatic heterocycles. The Morgan fingerprint density at radius 1 is 1.18 bits per heavy atom. The number of hydrogen-bond donors (Lipinski definition) is 1. The molecule has 0 atom stereocenters. The van der Waals surface area contributed by atoms with Gasteiger partial charge in [0.1, 0.15) is 10.8 Å². The number of aromatic nitrogens is 1. The molecule has 144 valence electrons. The smallest absolute Gasteiger partial charge is 0.234 e. The second kappa shape index (κ2) is 7.98. The summed E-state index contributed by atoms with van der Waals surface area (Å²) in [6, 6.07) is 13.3. The molecule has 1 aliphatic rings. The van der Waals surface area contributed by atoms with Crippen molar-refractivity contribution in [3.63, 3.8) is 0 Å². The molecule has 2 aromatic carbocycles. The lowest BCUT2D eigenvalue weighted by atomic mass is 10.1. The van der Waals surface area contributed by atoms with Crippen molar-refractivity contribution >= 4 is 34.3 Å². The standard InChI is InChI=1S/C21H20N2O4S/c1-3-13-8-14-4-6-16(25-2)10-17(14)23-21(13)28-11-20(24)22-15-5-7-18-19(9-15)27-12-26-18/h4-10H,3,11-12H2,1-2H3,(H,22,24). The maximum Gasteiger partial charge on any atom is 0.234 e. The zero-order valence-corrected chi connectivity index (χ0v) is 16.5. The van der Waals surface area contributed by atoms with E-state index in [1.807, 2.05) is 18.2 Å². The third-order valence-electron chi connectivity index (χ3n) is 4.44. The molecule has 0 saturated carbocycles. The van der Waals surface area contributed by atoms with Gasteiger partial charge in [0.2, 0.25) is 12.7 Å². The molecule has 0 radical (unpaired) electrons. The summed E-state index contributed by atoms with van der Waals surface area (Å²) in [6.45, 7) is 2.30. The Balaban J connectivity index is 1.47. The maximum absolute atomic E-state index is 12.4. The van der Waals surface area contributed by atoms with Gasteiger partial charge in [0, 0.05) is 23.2 Å². The van der Waals surface area contributed by atoms with Crippen LogP contribution in [-0.4, -0.2) is 30.5 Å². The summed E-state index contributed by atoms with van der Waals surface area (Å²) in [7, 11) is 1.64. The number of rotatable bonds is 6. The van der Waals surface area contributed by atoms with Crippen molar-refractivity contribution in [3.05, 3.63) is 48.0 Å². The molecule has 3 aromatic rings. The predicted octanol–water partition coefficient (Wildman–Crippen LogP) is 4.27. The average molecular weight is 396 g/mol. The number of anilines is 1. The molecule has 0 aliphatic carbocycles. The van der Waals surface area contributed by atoms with Gasteiger partial charge in [-0.15, -0.1) is 0 Å². The number of ether oxygens (including phenoxy) is 3. The molecule has 28 heavy (non-hydrogen) atoms. The van der Waals surface area contributed by atoms with E-state index >= 15 is 0 Å². The molecule has 2 heterocycles. The van der Waals surface area contributed by atoms with Gasteiger partial charge >= 0.3 is 0 Å². The summed E-state index contributed by atoms with van der Waals surface area (Å²) in [6.07, 6.45) is 0.848. The number of amides is 1. The lowest BCUT2D eigenvalue weighted by Gasteiger charge is -2.10. The Hall–Kier alpha value is -2.93. The highest BCUT2D eigenvalue weighted by Crippen LogP contribution is 2.34. The van der Waals surface area contributed by atoms with Crippen molar-refractivity contribution in [2.24, 2.45) is 0 Å². The van der Waals surface area contributed by atoms with Gasteiger partial charge in [-0.3, -0.25) is 4.79 Å². The number of methoxy groups -OCH3 is 1. The number of benzene rings is 2. The Bertz CT molecular complexity index is 1040. The van der Waals surface area contributed by atoms with Gasteiger partial charge in [-0.1, -0.05) is 18.7 Å². The summed E-state index contributed by atoms with van der Waals surface area (Å²) in [5, 5.41) is 4.82. The van der Waals surface area contributed by atoms with E-state index in [0.29, 0.717) is 17.2 Å². The number of nitrogens with zero attached hydrogens (tertiary/aromatic N) is 1. The monoisotopic (exact) mass is 396 g/mol. The van der Waals surface area contributed by atoms with Crippen LogP contribution in [0.25, 0.3) is 10.9 Å². The zero-order valence-electron chi connectivity index (χ0n) is 15.7. The van der Waals surface area contributed by atoms with Gasteiger partial charge in [0.05, 0.1) is 18.4 Å². The first kappa shape index (κ1) is 18.4. The molecule has 1 aliphatic heterocycles. The molecule has 1 amide bonds. The number of aryl methyl sites for hydroxylation is 1. The molecule has 0 saturated heterocycles. The minimum Gasteiger partial charge on any atom is -0.497 e. The fourth-order valence-corrected chi connectivity index (χ4v) is 3.88. The number of thioether (sulfide) groups is 1. The topological polar surface area (TPSA) is 69.7 Å². The van der Waals surface area contributed by atoms with Crippen LogP contribution in [0.15, 0.2) is 47.5 Å². The molecule has 0 bridgehead atoms. The molecule has 0 spiro atoms. The first-order chi connectivity index (χ1) is 13.7. The molecule has 0 unspecified atom stereocenters. The van der Waals surface area contributed by atoms with Crippen LogP contribution in [0.4, 0.5) is 5.69 Å². The summed E-state index contributed by atoms with van der Waals surface area (Å²) in [5.74, 6) is 2.27. The Labute approximate surface area is 167 Å². The van der Waals surface area contributed by atoms with E-state index < -0.39 is 0 Å². The minimum atomic E-state index is -0.0987. The maximum atomic E-state index is 12.4. The normalized spacial score (nSPS) is 12.2. The molecule has 0 fully saturated rings. The molecule has 1 N–H and O–H groups in total. The van der Waals surface area contributed by atoms with Crippen molar-refractivity contribution in [1.82, 2.24) is 4.98 Å². The minimum absolute atomic E-state index is 0.0987. The Kier molecular flexibility index (Phi) is 5.25. The summed E-state index contributed by atoms with van der Waals surface area (Å²) < 4.78 is 15.9. The highest BCUT2D eigenvalue weighted by atomic mass is 32.2. The third-order valence-corrected chi connectivity index (χ3v) is 5.47. The molecule has 6 nitrogen and oxygen atoms in total. The van der Waals surface area contributed by atoms with Gasteiger partial charge in [-0.25, -0.2) is 4.98 Å². The van der Waals surface area contributed by atoms with E-state index in [1.54, 1.807) is 25.3 Å². The van der Waals surface area contributed by atoms with E-state index in [1.165, 1.54) is 11.8 Å². The summed E-state index contributed by atoms with van der Waals surface area (Å²) in [5.41, 5.74) is 2.66. The van der Waals surface area contributed by atoms with E-state index in [2.05, 4.69) is 18.3 Å². The van der Waals surface area contributed by atoms with Crippen molar-refractivity contribution in [2.75, 3.05) is 25.0 Å². The van der Waals surface area contributed by atoms with Crippen LogP contribution >= 0.6 is 11.8 Å². The van der Waals surface area contributed by atoms with Crippen LogP contribution in [0.5, 0.6) is 17.2 Å². The zero-order chi connectivity index (χ0) is 19.5. The third kappa shape index (κ3) is 3.84. The number of hydrogen-bond acceptors (Lipinski definition) is 6. The van der Waals surface area contributed by atoms with Gasteiger partial charge in [0.25, 0.3) is 0 Å². The van der Waals surface area contributed by atoms with Crippen molar-refractivity contribution in [3.8, 4) is 17.2 Å². The molecule has 4 rings (SSSR count). The SMILES string of the molecule is CCc1cc2ccc(OC)cc2nc1SCC(=O)Nc1ccc2c(c1)OCO2.